The first-order valence-corrected chi connectivity index (χ1v) is 9.52. The van der Waals surface area contributed by atoms with Gasteiger partial charge in [0, 0.05) is 18.7 Å². The molecule has 1 fully saturated rings. The van der Waals surface area contributed by atoms with Crippen molar-refractivity contribution in [1.29, 1.82) is 0 Å². The third-order valence-corrected chi connectivity index (χ3v) is 5.74. The van der Waals surface area contributed by atoms with E-state index in [4.69, 9.17) is 0 Å². The average Bonchev–Trinajstić information content (AvgIpc) is 3.21. The maximum atomic E-state index is 13.1. The molecule has 1 unspecified atom stereocenters. The van der Waals surface area contributed by atoms with E-state index in [1.807, 2.05) is 24.3 Å². The average molecular weight is 408 g/mol. The molecule has 1 atom stereocenters. The second-order valence-corrected chi connectivity index (χ2v) is 7.52. The molecule has 1 aliphatic heterocycles. The first kappa shape index (κ1) is 19.6. The molecule has 30 heavy (non-hydrogen) atoms. The summed E-state index contributed by atoms with van der Waals surface area (Å²) in [5, 5.41) is 14.0. The number of rotatable bonds is 5. The minimum Gasteiger partial charge on any atom is -0.340 e. The predicted molar refractivity (Wildman–Crippen MR) is 106 cm³/mol. The van der Waals surface area contributed by atoms with Gasteiger partial charge in [-0.1, -0.05) is 42.5 Å². The van der Waals surface area contributed by atoms with Gasteiger partial charge in [0.15, 0.2) is 0 Å². The van der Waals surface area contributed by atoms with Gasteiger partial charge in [0.2, 0.25) is 5.91 Å². The van der Waals surface area contributed by atoms with Crippen molar-refractivity contribution >= 4 is 23.5 Å². The maximum absolute atomic E-state index is 13.1. The molecule has 1 heterocycles. The van der Waals surface area contributed by atoms with Crippen molar-refractivity contribution in [3.8, 4) is 0 Å². The largest absolute Gasteiger partial charge is 0.340 e. The highest BCUT2D eigenvalue weighted by Crippen LogP contribution is 2.41. The summed E-state index contributed by atoms with van der Waals surface area (Å²) >= 11 is 0. The van der Waals surface area contributed by atoms with Crippen LogP contribution in [0.5, 0.6) is 0 Å². The van der Waals surface area contributed by atoms with E-state index >= 15 is 0 Å². The lowest BCUT2D eigenvalue weighted by atomic mass is 9.92. The first-order chi connectivity index (χ1) is 14.3. The fourth-order valence-electron chi connectivity index (χ4n) is 4.16. The number of fused-ring (bicyclic) bond motifs is 2. The van der Waals surface area contributed by atoms with Crippen LogP contribution in [-0.2, 0) is 28.1 Å². The second kappa shape index (κ2) is 7.25. The van der Waals surface area contributed by atoms with Gasteiger partial charge in [-0.25, -0.2) is 4.79 Å². The summed E-state index contributed by atoms with van der Waals surface area (Å²) in [4.78, 5) is 51.3. The summed E-state index contributed by atoms with van der Waals surface area (Å²) in [7, 11) is 1.48. The zero-order chi connectivity index (χ0) is 21.5. The van der Waals surface area contributed by atoms with Gasteiger partial charge in [0.1, 0.15) is 12.1 Å². The standard InChI is InChI=1S/C21H20N4O5/c1-23(12-15-7-3-5-9-17(15)25(29)30)18(26)13-24-19(27)21(22-20(24)28)11-10-14-6-2-4-8-16(14)21/h2-9H,10-13H2,1H3,(H,22,28). The van der Waals surface area contributed by atoms with Crippen LogP contribution in [0.1, 0.15) is 23.1 Å². The molecule has 1 spiro atoms. The third kappa shape index (κ3) is 3.08. The van der Waals surface area contributed by atoms with Crippen molar-refractivity contribution in [2.45, 2.75) is 24.9 Å². The van der Waals surface area contributed by atoms with Crippen molar-refractivity contribution in [2.24, 2.45) is 0 Å². The molecule has 0 aromatic heterocycles. The lowest BCUT2D eigenvalue weighted by Crippen LogP contribution is -2.44. The number of carbonyl (C=O) groups excluding carboxylic acids is 3. The lowest BCUT2D eigenvalue weighted by molar-refractivity contribution is -0.385. The SMILES string of the molecule is CN(Cc1ccccc1[N+](=O)[O-])C(=O)CN1C(=O)NC2(CCc3ccccc32)C1=O. The molecule has 2 aromatic carbocycles. The minimum absolute atomic E-state index is 0.00634. The van der Waals surface area contributed by atoms with Gasteiger partial charge in [-0.15, -0.1) is 0 Å². The van der Waals surface area contributed by atoms with Gasteiger partial charge in [0.25, 0.3) is 11.6 Å². The topological polar surface area (TPSA) is 113 Å². The van der Waals surface area contributed by atoms with Crippen LogP contribution in [0.25, 0.3) is 0 Å². The quantitative estimate of drug-likeness (QED) is 0.462. The summed E-state index contributed by atoms with van der Waals surface area (Å²) in [6.45, 7) is -0.431. The molecule has 1 aliphatic carbocycles. The fourth-order valence-corrected chi connectivity index (χ4v) is 4.16. The zero-order valence-corrected chi connectivity index (χ0v) is 16.3. The van der Waals surface area contributed by atoms with E-state index in [0.29, 0.717) is 18.4 Å². The van der Waals surface area contributed by atoms with E-state index in [9.17, 15) is 24.5 Å². The Kier molecular flexibility index (Phi) is 4.73. The molecule has 154 valence electrons. The van der Waals surface area contributed by atoms with Gasteiger partial charge >= 0.3 is 6.03 Å². The van der Waals surface area contributed by atoms with Gasteiger partial charge < -0.3 is 10.2 Å². The van der Waals surface area contributed by atoms with E-state index in [-0.39, 0.29) is 12.2 Å². The Hall–Kier alpha value is -3.75. The minimum atomic E-state index is -1.12. The highest BCUT2D eigenvalue weighted by atomic mass is 16.6. The Balaban J connectivity index is 1.50. The molecular weight excluding hydrogens is 388 g/mol. The molecule has 4 amide bonds. The summed E-state index contributed by atoms with van der Waals surface area (Å²) in [5.41, 5.74) is 0.940. The third-order valence-electron chi connectivity index (χ3n) is 5.74. The molecule has 0 bridgehead atoms. The number of para-hydroxylation sites is 1. The second-order valence-electron chi connectivity index (χ2n) is 7.52. The molecule has 2 aromatic rings. The molecule has 2 aliphatic rings. The number of carbonyl (C=O) groups is 3. The van der Waals surface area contributed by atoms with Crippen molar-refractivity contribution in [1.82, 2.24) is 15.1 Å². The van der Waals surface area contributed by atoms with E-state index < -0.39 is 34.9 Å². The summed E-state index contributed by atoms with van der Waals surface area (Å²) in [5.74, 6) is -0.926. The van der Waals surface area contributed by atoms with Crippen LogP contribution < -0.4 is 5.32 Å². The monoisotopic (exact) mass is 408 g/mol. The predicted octanol–water partition coefficient (Wildman–Crippen LogP) is 1.95. The number of nitrogens with one attached hydrogen (secondary N) is 1. The number of urea groups is 1. The van der Waals surface area contributed by atoms with Crippen LogP contribution in [-0.4, -0.2) is 46.2 Å². The number of aryl methyl sites for hydroxylation is 1. The number of hydrogen-bond acceptors (Lipinski definition) is 5. The van der Waals surface area contributed by atoms with Crippen molar-refractivity contribution in [3.63, 3.8) is 0 Å². The van der Waals surface area contributed by atoms with E-state index in [0.717, 1.165) is 16.0 Å². The molecule has 0 radical (unpaired) electrons. The Labute approximate surface area is 172 Å². The number of imide groups is 1. The van der Waals surface area contributed by atoms with Gasteiger partial charge in [-0.2, -0.15) is 0 Å². The molecule has 1 N–H and O–H groups in total. The van der Waals surface area contributed by atoms with Gasteiger partial charge in [-0.3, -0.25) is 24.6 Å². The Morgan fingerprint density at radius 3 is 2.67 bits per heavy atom. The van der Waals surface area contributed by atoms with Crippen LogP contribution in [0.2, 0.25) is 0 Å². The van der Waals surface area contributed by atoms with Crippen molar-refractivity contribution in [3.05, 3.63) is 75.3 Å². The number of likely N-dealkylation sites (N-methyl/N-ethyl adjacent to an activating group) is 1. The van der Waals surface area contributed by atoms with Crippen molar-refractivity contribution in [2.75, 3.05) is 13.6 Å². The number of benzene rings is 2. The fraction of sp³-hybridized carbons (Fsp3) is 0.286. The Morgan fingerprint density at radius 1 is 1.20 bits per heavy atom. The van der Waals surface area contributed by atoms with Crippen LogP contribution in [0.15, 0.2) is 48.5 Å². The molecule has 0 saturated carbocycles. The van der Waals surface area contributed by atoms with Crippen LogP contribution in [0.4, 0.5) is 10.5 Å². The zero-order valence-electron chi connectivity index (χ0n) is 16.3. The van der Waals surface area contributed by atoms with E-state index in [1.54, 1.807) is 18.2 Å². The van der Waals surface area contributed by atoms with Crippen molar-refractivity contribution < 1.29 is 19.3 Å². The van der Waals surface area contributed by atoms with E-state index in [1.165, 1.54) is 18.0 Å². The normalized spacial score (nSPS) is 19.7. The summed E-state index contributed by atoms with van der Waals surface area (Å²) in [6.07, 6.45) is 1.12. The number of hydrogen-bond donors (Lipinski definition) is 1. The summed E-state index contributed by atoms with van der Waals surface area (Å²) < 4.78 is 0. The molecule has 9 nitrogen and oxygen atoms in total. The number of nitro groups is 1. The summed E-state index contributed by atoms with van der Waals surface area (Å²) in [6, 6.07) is 13.0. The maximum Gasteiger partial charge on any atom is 0.325 e. The number of nitro benzene ring substituents is 1. The number of nitrogens with zero attached hydrogens (tertiary/aromatic N) is 3. The molecular formula is C21H20N4O5. The van der Waals surface area contributed by atoms with E-state index in [2.05, 4.69) is 5.32 Å². The highest BCUT2D eigenvalue weighted by Gasteiger charge is 2.55. The van der Waals surface area contributed by atoms with Crippen LogP contribution >= 0.6 is 0 Å². The first-order valence-electron chi connectivity index (χ1n) is 9.52. The van der Waals surface area contributed by atoms with Crippen LogP contribution in [0.3, 0.4) is 0 Å². The Bertz CT molecular complexity index is 1070. The number of amides is 4. The lowest BCUT2D eigenvalue weighted by Gasteiger charge is -2.23. The van der Waals surface area contributed by atoms with Crippen LogP contribution in [0, 0.1) is 10.1 Å². The highest BCUT2D eigenvalue weighted by molar-refractivity contribution is 6.09. The molecule has 1 saturated heterocycles. The Morgan fingerprint density at radius 2 is 1.90 bits per heavy atom. The molecule has 9 heteroatoms. The smallest absolute Gasteiger partial charge is 0.325 e. The van der Waals surface area contributed by atoms with Gasteiger partial charge in [-0.05, 0) is 24.0 Å². The van der Waals surface area contributed by atoms with Gasteiger partial charge in [0.05, 0.1) is 11.5 Å². The molecule has 4 rings (SSSR count).